The Morgan fingerprint density at radius 1 is 1.26 bits per heavy atom. The zero-order chi connectivity index (χ0) is 22.4. The highest BCUT2D eigenvalue weighted by Gasteiger charge is 2.39. The van der Waals surface area contributed by atoms with Gasteiger partial charge >= 0.3 is 0 Å². The van der Waals surface area contributed by atoms with E-state index in [-0.39, 0.29) is 35.8 Å². The van der Waals surface area contributed by atoms with Gasteiger partial charge in [-0.25, -0.2) is 8.78 Å². The number of aromatic hydroxyl groups is 1. The van der Waals surface area contributed by atoms with Crippen molar-refractivity contribution in [2.45, 2.75) is 38.3 Å². The number of fused-ring (bicyclic) bond motifs is 3. The molecule has 164 valence electrons. The molecule has 2 aliphatic heterocycles. The quantitative estimate of drug-likeness (QED) is 0.571. The van der Waals surface area contributed by atoms with Crippen LogP contribution in [0.15, 0.2) is 23.1 Å². The minimum Gasteiger partial charge on any atom is -0.502 e. The molecule has 1 N–H and O–H groups in total. The molecule has 4 rings (SSSR count). The minimum absolute atomic E-state index is 0.0370. The Morgan fingerprint density at radius 2 is 2.00 bits per heavy atom. The fourth-order valence-corrected chi connectivity index (χ4v) is 4.36. The molecule has 10 heteroatoms. The molecule has 0 saturated carbocycles. The second-order valence-corrected chi connectivity index (χ2v) is 8.10. The first-order chi connectivity index (χ1) is 14.7. The smallest absolute Gasteiger partial charge is 0.277 e. The van der Waals surface area contributed by atoms with Crippen molar-refractivity contribution in [1.82, 2.24) is 9.58 Å². The molecule has 1 atom stereocenters. The van der Waals surface area contributed by atoms with Crippen molar-refractivity contribution in [3.05, 3.63) is 62.0 Å². The molecule has 7 nitrogen and oxygen atoms in total. The predicted molar refractivity (Wildman–Crippen MR) is 109 cm³/mol. The van der Waals surface area contributed by atoms with Gasteiger partial charge in [-0.2, -0.15) is 0 Å². The summed E-state index contributed by atoms with van der Waals surface area (Å²) in [6.45, 7) is 0.588. The molecule has 3 heterocycles. The first-order valence-electron chi connectivity index (χ1n) is 9.90. The van der Waals surface area contributed by atoms with E-state index in [0.29, 0.717) is 6.54 Å². The maximum Gasteiger partial charge on any atom is 0.277 e. The SMILES string of the molecule is CN1C(=O)c2c(O)c(=O)c(C(=O)CCc3ccc(F)c(Cl)c3F)cn2N2CCCC[C@@H]12. The Kier molecular flexibility index (Phi) is 5.47. The topological polar surface area (TPSA) is 82.9 Å². The minimum atomic E-state index is -0.954. The number of pyridine rings is 1. The van der Waals surface area contributed by atoms with Crippen LogP contribution >= 0.6 is 11.6 Å². The molecule has 0 bridgehead atoms. The van der Waals surface area contributed by atoms with E-state index in [2.05, 4.69) is 0 Å². The highest BCUT2D eigenvalue weighted by molar-refractivity contribution is 6.30. The Bertz CT molecular complexity index is 1150. The van der Waals surface area contributed by atoms with Crippen LogP contribution in [0.2, 0.25) is 5.02 Å². The summed E-state index contributed by atoms with van der Waals surface area (Å²) >= 11 is 5.57. The molecule has 2 aromatic rings. The number of aromatic nitrogens is 1. The fourth-order valence-electron chi connectivity index (χ4n) is 4.18. The molecule has 1 aromatic heterocycles. The monoisotopic (exact) mass is 451 g/mol. The number of aryl methyl sites for hydroxylation is 1. The lowest BCUT2D eigenvalue weighted by molar-refractivity contribution is 0.0591. The van der Waals surface area contributed by atoms with Crippen molar-refractivity contribution in [3.8, 4) is 5.75 Å². The van der Waals surface area contributed by atoms with Gasteiger partial charge in [0.15, 0.2) is 17.2 Å². The maximum atomic E-state index is 14.1. The summed E-state index contributed by atoms with van der Waals surface area (Å²) in [5, 5.41) is 11.7. The van der Waals surface area contributed by atoms with Gasteiger partial charge in [-0.15, -0.1) is 0 Å². The molecule has 1 saturated heterocycles. The lowest BCUT2D eigenvalue weighted by Crippen LogP contribution is -2.61. The molecule has 31 heavy (non-hydrogen) atoms. The number of carbonyl (C=O) groups is 2. The van der Waals surface area contributed by atoms with Gasteiger partial charge in [-0.3, -0.25) is 24.1 Å². The third-order valence-corrected chi connectivity index (χ3v) is 6.24. The molecule has 0 unspecified atom stereocenters. The third kappa shape index (κ3) is 3.46. The molecular weight excluding hydrogens is 432 g/mol. The first kappa shape index (κ1) is 21.3. The molecule has 1 aromatic carbocycles. The van der Waals surface area contributed by atoms with Crippen molar-refractivity contribution < 1.29 is 23.5 Å². The van der Waals surface area contributed by atoms with Crippen LogP contribution in [0.5, 0.6) is 5.75 Å². The Morgan fingerprint density at radius 3 is 2.74 bits per heavy atom. The molecule has 2 aliphatic rings. The van der Waals surface area contributed by atoms with Crippen LogP contribution < -0.4 is 10.4 Å². The fraction of sp³-hybridized carbons (Fsp3) is 0.381. The molecule has 1 fully saturated rings. The Hall–Kier alpha value is -2.94. The number of piperidine rings is 1. The van der Waals surface area contributed by atoms with E-state index in [1.165, 1.54) is 21.8 Å². The van der Waals surface area contributed by atoms with E-state index in [0.717, 1.165) is 25.3 Å². The average Bonchev–Trinajstić information content (AvgIpc) is 2.77. The van der Waals surface area contributed by atoms with Gasteiger partial charge < -0.3 is 10.0 Å². The van der Waals surface area contributed by atoms with Crippen molar-refractivity contribution in [2.24, 2.45) is 0 Å². The summed E-state index contributed by atoms with van der Waals surface area (Å²) in [4.78, 5) is 39.7. The number of Topliss-reactive ketones (excluding diaryl/α,β-unsaturated/α-hetero) is 1. The van der Waals surface area contributed by atoms with Crippen LogP contribution in [-0.4, -0.2) is 46.1 Å². The molecule has 0 aliphatic carbocycles. The summed E-state index contributed by atoms with van der Waals surface area (Å²) < 4.78 is 28.8. The number of hydrogen-bond donors (Lipinski definition) is 1. The van der Waals surface area contributed by atoms with E-state index >= 15 is 0 Å². The number of nitrogens with zero attached hydrogens (tertiary/aromatic N) is 3. The molecule has 0 spiro atoms. The Labute approximate surface area is 181 Å². The van der Waals surface area contributed by atoms with Gasteiger partial charge in [0, 0.05) is 26.2 Å². The van der Waals surface area contributed by atoms with Crippen molar-refractivity contribution >= 4 is 23.3 Å². The lowest BCUT2D eigenvalue weighted by Gasteiger charge is -2.47. The summed E-state index contributed by atoms with van der Waals surface area (Å²) in [6.07, 6.45) is 3.18. The number of rotatable bonds is 4. The second kappa shape index (κ2) is 7.96. The summed E-state index contributed by atoms with van der Waals surface area (Å²) in [7, 11) is 1.61. The van der Waals surface area contributed by atoms with Gasteiger partial charge in [0.05, 0.1) is 5.56 Å². The van der Waals surface area contributed by atoms with Gasteiger partial charge in [0.25, 0.3) is 5.91 Å². The number of hydrogen-bond acceptors (Lipinski definition) is 5. The van der Waals surface area contributed by atoms with E-state index in [1.54, 1.807) is 7.05 Å². The number of amides is 1. The van der Waals surface area contributed by atoms with Crippen LogP contribution in [0.3, 0.4) is 0 Å². The highest BCUT2D eigenvalue weighted by Crippen LogP contribution is 2.29. The highest BCUT2D eigenvalue weighted by atomic mass is 35.5. The summed E-state index contributed by atoms with van der Waals surface area (Å²) in [5.41, 5.74) is -1.39. The van der Waals surface area contributed by atoms with Gasteiger partial charge in [0.1, 0.15) is 22.8 Å². The zero-order valence-electron chi connectivity index (χ0n) is 16.7. The van der Waals surface area contributed by atoms with Crippen LogP contribution in [-0.2, 0) is 6.42 Å². The molecule has 0 radical (unpaired) electrons. The number of halogens is 3. The number of benzene rings is 1. The zero-order valence-corrected chi connectivity index (χ0v) is 17.5. The summed E-state index contributed by atoms with van der Waals surface area (Å²) in [6, 6.07) is 2.19. The second-order valence-electron chi connectivity index (χ2n) is 7.73. The summed E-state index contributed by atoms with van der Waals surface area (Å²) in [5.74, 6) is -3.78. The Balaban J connectivity index is 1.68. The van der Waals surface area contributed by atoms with Crippen LogP contribution in [0.25, 0.3) is 0 Å². The number of carbonyl (C=O) groups excluding carboxylic acids is 2. The van der Waals surface area contributed by atoms with Crippen LogP contribution in [0.4, 0.5) is 8.78 Å². The molecular formula is C21H20ClF2N3O4. The first-order valence-corrected chi connectivity index (χ1v) is 10.3. The van der Waals surface area contributed by atoms with Crippen molar-refractivity contribution in [1.29, 1.82) is 0 Å². The van der Waals surface area contributed by atoms with E-state index in [9.17, 15) is 28.3 Å². The normalized spacial score (nSPS) is 18.1. The number of ketones is 1. The van der Waals surface area contributed by atoms with Crippen molar-refractivity contribution in [3.63, 3.8) is 0 Å². The third-order valence-electron chi connectivity index (χ3n) is 5.89. The lowest BCUT2D eigenvalue weighted by atomic mass is 10.0. The van der Waals surface area contributed by atoms with Gasteiger partial charge in [-0.1, -0.05) is 17.7 Å². The van der Waals surface area contributed by atoms with E-state index < -0.39 is 39.5 Å². The van der Waals surface area contributed by atoms with Gasteiger partial charge in [-0.05, 0) is 37.3 Å². The van der Waals surface area contributed by atoms with E-state index in [4.69, 9.17) is 11.6 Å². The largest absolute Gasteiger partial charge is 0.502 e. The average molecular weight is 452 g/mol. The van der Waals surface area contributed by atoms with Crippen LogP contribution in [0.1, 0.15) is 52.1 Å². The van der Waals surface area contributed by atoms with Gasteiger partial charge in [0.2, 0.25) is 5.43 Å². The maximum absolute atomic E-state index is 14.1. The van der Waals surface area contributed by atoms with Crippen LogP contribution in [0, 0.1) is 11.6 Å². The predicted octanol–water partition coefficient (Wildman–Crippen LogP) is 2.83. The molecule has 1 amide bonds. The standard InChI is InChI=1S/C21H20ClF2N3O4/c1-25-15-4-2-3-9-26(15)27-10-12(19(29)20(30)18(27)21(25)31)14(28)8-6-11-5-7-13(23)16(22)17(11)24/h5,7,10,15,30H,2-4,6,8-9H2,1H3/t15-/m0/s1. The van der Waals surface area contributed by atoms with Crippen molar-refractivity contribution in [2.75, 3.05) is 18.6 Å². The van der Waals surface area contributed by atoms with E-state index in [1.807, 2.05) is 5.01 Å².